The fourth-order valence-corrected chi connectivity index (χ4v) is 2.45. The van der Waals surface area contributed by atoms with Crippen molar-refractivity contribution >= 4 is 5.97 Å². The number of nitrogens with zero attached hydrogens (tertiary/aromatic N) is 1. The summed E-state index contributed by atoms with van der Waals surface area (Å²) < 4.78 is 5.26. The van der Waals surface area contributed by atoms with Gasteiger partial charge in [-0.3, -0.25) is 9.69 Å². The van der Waals surface area contributed by atoms with Gasteiger partial charge in [-0.2, -0.15) is 0 Å². The van der Waals surface area contributed by atoms with Crippen molar-refractivity contribution in [1.82, 2.24) is 4.90 Å². The maximum absolute atomic E-state index is 11.2. The van der Waals surface area contributed by atoms with Crippen LogP contribution >= 0.6 is 0 Å². The topological polar surface area (TPSA) is 49.8 Å². The maximum Gasteiger partial charge on any atom is 0.309 e. The SMILES string of the molecule is COCC(C(C)C)N1CCC(C)(C(=O)O)CC1. The first-order valence-electron chi connectivity index (χ1n) is 6.37. The Morgan fingerprint density at radius 2 is 1.94 bits per heavy atom. The molecule has 1 atom stereocenters. The number of carboxylic acids is 1. The quantitative estimate of drug-likeness (QED) is 0.800. The highest BCUT2D eigenvalue weighted by molar-refractivity contribution is 5.74. The second kappa shape index (κ2) is 5.83. The third kappa shape index (κ3) is 3.42. The van der Waals surface area contributed by atoms with Crippen LogP contribution in [0.15, 0.2) is 0 Å². The van der Waals surface area contributed by atoms with Gasteiger partial charge in [-0.1, -0.05) is 13.8 Å². The summed E-state index contributed by atoms with van der Waals surface area (Å²) >= 11 is 0. The average Bonchev–Trinajstić information content (AvgIpc) is 2.27. The van der Waals surface area contributed by atoms with Crippen LogP contribution in [0.25, 0.3) is 0 Å². The van der Waals surface area contributed by atoms with Gasteiger partial charge < -0.3 is 9.84 Å². The van der Waals surface area contributed by atoms with Crippen LogP contribution in [0.5, 0.6) is 0 Å². The van der Waals surface area contributed by atoms with Crippen molar-refractivity contribution in [3.63, 3.8) is 0 Å². The largest absolute Gasteiger partial charge is 0.481 e. The van der Waals surface area contributed by atoms with Crippen molar-refractivity contribution in [3.05, 3.63) is 0 Å². The molecule has 1 N–H and O–H groups in total. The fourth-order valence-electron chi connectivity index (χ4n) is 2.45. The molecule has 0 aromatic heterocycles. The number of ether oxygens (including phenoxy) is 1. The summed E-state index contributed by atoms with van der Waals surface area (Å²) in [6.07, 6.45) is 1.46. The zero-order valence-corrected chi connectivity index (χ0v) is 11.4. The number of hydrogen-bond donors (Lipinski definition) is 1. The summed E-state index contributed by atoms with van der Waals surface area (Å²) in [6.45, 7) is 8.67. The Balaban J connectivity index is 2.58. The van der Waals surface area contributed by atoms with E-state index < -0.39 is 11.4 Å². The number of carboxylic acid groups (broad SMARTS) is 1. The van der Waals surface area contributed by atoms with Gasteiger partial charge in [0.1, 0.15) is 0 Å². The van der Waals surface area contributed by atoms with Crippen LogP contribution in [0.4, 0.5) is 0 Å². The monoisotopic (exact) mass is 243 g/mol. The molecule has 0 radical (unpaired) electrons. The lowest BCUT2D eigenvalue weighted by Crippen LogP contribution is -2.50. The van der Waals surface area contributed by atoms with E-state index in [0.29, 0.717) is 12.0 Å². The smallest absolute Gasteiger partial charge is 0.309 e. The molecule has 0 aromatic carbocycles. The van der Waals surface area contributed by atoms with Crippen molar-refractivity contribution in [2.45, 2.75) is 39.7 Å². The predicted molar refractivity (Wildman–Crippen MR) is 67.1 cm³/mol. The summed E-state index contributed by atoms with van der Waals surface area (Å²) in [5, 5.41) is 9.19. The summed E-state index contributed by atoms with van der Waals surface area (Å²) in [6, 6.07) is 0.401. The number of carbonyl (C=O) groups is 1. The van der Waals surface area contributed by atoms with E-state index in [9.17, 15) is 9.90 Å². The Morgan fingerprint density at radius 3 is 2.29 bits per heavy atom. The molecule has 1 fully saturated rings. The standard InChI is InChI=1S/C13H25NO3/c1-10(2)11(9-17-4)14-7-5-13(3,6-8-14)12(15)16/h10-11H,5-9H2,1-4H3,(H,15,16). The maximum atomic E-state index is 11.2. The molecule has 100 valence electrons. The number of rotatable bonds is 5. The molecular weight excluding hydrogens is 218 g/mol. The van der Waals surface area contributed by atoms with E-state index in [4.69, 9.17) is 4.74 Å². The van der Waals surface area contributed by atoms with Gasteiger partial charge in [0, 0.05) is 13.2 Å². The molecular formula is C13H25NO3. The molecule has 1 unspecified atom stereocenters. The Labute approximate surface area is 104 Å². The first-order valence-corrected chi connectivity index (χ1v) is 6.37. The number of aliphatic carboxylic acids is 1. The molecule has 0 amide bonds. The number of hydrogen-bond acceptors (Lipinski definition) is 3. The van der Waals surface area contributed by atoms with Crippen LogP contribution in [-0.2, 0) is 9.53 Å². The first-order chi connectivity index (χ1) is 7.90. The van der Waals surface area contributed by atoms with Crippen LogP contribution < -0.4 is 0 Å². The van der Waals surface area contributed by atoms with Crippen molar-refractivity contribution in [2.75, 3.05) is 26.8 Å². The molecule has 0 aliphatic carbocycles. The molecule has 0 spiro atoms. The lowest BCUT2D eigenvalue weighted by atomic mass is 9.80. The van der Waals surface area contributed by atoms with Crippen molar-refractivity contribution < 1.29 is 14.6 Å². The zero-order chi connectivity index (χ0) is 13.1. The molecule has 1 aliphatic rings. The number of likely N-dealkylation sites (tertiary alicyclic amines) is 1. The molecule has 17 heavy (non-hydrogen) atoms. The Morgan fingerprint density at radius 1 is 1.41 bits per heavy atom. The fraction of sp³-hybridized carbons (Fsp3) is 0.923. The van der Waals surface area contributed by atoms with Crippen molar-refractivity contribution in [2.24, 2.45) is 11.3 Å². The summed E-state index contributed by atoms with van der Waals surface area (Å²) in [5.74, 6) is -0.130. The normalized spacial score (nSPS) is 22.6. The highest BCUT2D eigenvalue weighted by Gasteiger charge is 2.38. The molecule has 1 heterocycles. The third-order valence-corrected chi connectivity index (χ3v) is 3.99. The van der Waals surface area contributed by atoms with Crippen molar-refractivity contribution in [1.29, 1.82) is 0 Å². The van der Waals surface area contributed by atoms with Gasteiger partial charge in [0.15, 0.2) is 0 Å². The lowest BCUT2D eigenvalue weighted by molar-refractivity contribution is -0.151. The van der Waals surface area contributed by atoms with Gasteiger partial charge >= 0.3 is 5.97 Å². The summed E-state index contributed by atoms with van der Waals surface area (Å²) in [5.41, 5.74) is -0.537. The summed E-state index contributed by atoms with van der Waals surface area (Å²) in [4.78, 5) is 13.5. The van der Waals surface area contributed by atoms with Crippen molar-refractivity contribution in [3.8, 4) is 0 Å². The molecule has 0 saturated carbocycles. The van der Waals surface area contributed by atoms with E-state index in [2.05, 4.69) is 18.7 Å². The van der Waals surface area contributed by atoms with E-state index in [1.54, 1.807) is 7.11 Å². The van der Waals surface area contributed by atoms with E-state index in [-0.39, 0.29) is 0 Å². The van der Waals surface area contributed by atoms with E-state index >= 15 is 0 Å². The first kappa shape index (κ1) is 14.5. The second-order valence-corrected chi connectivity index (χ2v) is 5.67. The molecule has 1 saturated heterocycles. The number of methoxy groups -OCH3 is 1. The van der Waals surface area contributed by atoms with Gasteiger partial charge in [-0.05, 0) is 38.8 Å². The van der Waals surface area contributed by atoms with Gasteiger partial charge in [0.05, 0.1) is 12.0 Å². The van der Waals surface area contributed by atoms with Crippen LogP contribution in [-0.4, -0.2) is 48.8 Å². The average molecular weight is 243 g/mol. The van der Waals surface area contributed by atoms with Gasteiger partial charge in [0.2, 0.25) is 0 Å². The molecule has 1 rings (SSSR count). The second-order valence-electron chi connectivity index (χ2n) is 5.67. The third-order valence-electron chi connectivity index (χ3n) is 3.99. The van der Waals surface area contributed by atoms with E-state index in [1.165, 1.54) is 0 Å². The Hall–Kier alpha value is -0.610. The van der Waals surface area contributed by atoms with Crippen LogP contribution in [0.2, 0.25) is 0 Å². The molecule has 4 heteroatoms. The summed E-state index contributed by atoms with van der Waals surface area (Å²) in [7, 11) is 1.72. The molecule has 0 bridgehead atoms. The van der Waals surface area contributed by atoms with E-state index in [1.807, 2.05) is 6.92 Å². The molecule has 4 nitrogen and oxygen atoms in total. The van der Waals surface area contributed by atoms with Gasteiger partial charge in [0.25, 0.3) is 0 Å². The minimum absolute atomic E-state index is 0.401. The minimum Gasteiger partial charge on any atom is -0.481 e. The molecule has 0 aromatic rings. The predicted octanol–water partition coefficient (Wildman–Crippen LogP) is 1.84. The zero-order valence-electron chi connectivity index (χ0n) is 11.4. The van der Waals surface area contributed by atoms with Gasteiger partial charge in [-0.25, -0.2) is 0 Å². The number of piperidine rings is 1. The van der Waals surface area contributed by atoms with Gasteiger partial charge in [-0.15, -0.1) is 0 Å². The van der Waals surface area contributed by atoms with Crippen LogP contribution in [0.3, 0.4) is 0 Å². The van der Waals surface area contributed by atoms with Crippen LogP contribution in [0, 0.1) is 11.3 Å². The Bertz CT molecular complexity index is 257. The highest BCUT2D eigenvalue weighted by Crippen LogP contribution is 2.32. The molecule has 1 aliphatic heterocycles. The van der Waals surface area contributed by atoms with Crippen LogP contribution in [0.1, 0.15) is 33.6 Å². The Kier molecular flexibility index (Phi) is 4.95. The lowest BCUT2D eigenvalue weighted by Gasteiger charge is -2.41. The van der Waals surface area contributed by atoms with E-state index in [0.717, 1.165) is 32.5 Å². The minimum atomic E-state index is -0.662. The highest BCUT2D eigenvalue weighted by atomic mass is 16.5.